The smallest absolute Gasteiger partial charge is 0.408 e. The molecule has 0 spiro atoms. The van der Waals surface area contributed by atoms with Crippen molar-refractivity contribution < 1.29 is 47.8 Å². The van der Waals surface area contributed by atoms with Gasteiger partial charge in [-0.1, -0.05) is 92.2 Å². The first-order chi connectivity index (χ1) is 27.4. The van der Waals surface area contributed by atoms with Crippen LogP contribution in [0.25, 0.3) is 0 Å². The molecular formula is C40H50Cl2N6O10. The van der Waals surface area contributed by atoms with Crippen LogP contribution in [-0.2, 0) is 44.8 Å². The van der Waals surface area contributed by atoms with Gasteiger partial charge in [0, 0.05) is 12.1 Å². The van der Waals surface area contributed by atoms with Gasteiger partial charge in [0.25, 0.3) is 17.7 Å². The number of urea groups is 1. The first kappa shape index (κ1) is 45.5. The van der Waals surface area contributed by atoms with E-state index in [-0.39, 0.29) is 35.5 Å². The number of esters is 1. The van der Waals surface area contributed by atoms with Gasteiger partial charge in [0.05, 0.1) is 22.6 Å². The number of carbonyl (C=O) groups is 8. The molecule has 0 aromatic heterocycles. The maximum atomic E-state index is 14.6. The predicted octanol–water partition coefficient (Wildman–Crippen LogP) is 4.34. The number of hydrogen-bond donors (Lipinski definition) is 4. The molecule has 314 valence electrons. The number of imide groups is 1. The van der Waals surface area contributed by atoms with Crippen molar-refractivity contribution in [2.45, 2.75) is 109 Å². The monoisotopic (exact) mass is 844 g/mol. The molecule has 1 heterocycles. The van der Waals surface area contributed by atoms with Crippen LogP contribution in [0.3, 0.4) is 0 Å². The number of nitrogens with one attached hydrogen (secondary N) is 3. The highest BCUT2D eigenvalue weighted by Gasteiger charge is 2.49. The van der Waals surface area contributed by atoms with Crippen molar-refractivity contribution >= 4 is 70.7 Å². The van der Waals surface area contributed by atoms with Crippen molar-refractivity contribution in [2.75, 3.05) is 13.1 Å². The fourth-order valence-electron chi connectivity index (χ4n) is 6.84. The van der Waals surface area contributed by atoms with Gasteiger partial charge < -0.3 is 36.1 Å². The lowest BCUT2D eigenvalue weighted by molar-refractivity contribution is -0.155. The van der Waals surface area contributed by atoms with E-state index in [0.717, 1.165) is 24.2 Å². The van der Waals surface area contributed by atoms with Gasteiger partial charge in [0.1, 0.15) is 24.2 Å². The molecule has 2 fully saturated rings. The van der Waals surface area contributed by atoms with Crippen LogP contribution < -0.4 is 21.7 Å². The van der Waals surface area contributed by atoms with Crippen LogP contribution in [0, 0.1) is 5.92 Å². The molecule has 1 saturated heterocycles. The molecule has 0 radical (unpaired) electrons. The number of nitrogens with zero attached hydrogens (tertiary/aromatic N) is 2. The summed E-state index contributed by atoms with van der Waals surface area (Å²) in [6, 6.07) is 7.70. The third-order valence-corrected chi connectivity index (χ3v) is 10.3. The maximum absolute atomic E-state index is 14.6. The Hall–Kier alpha value is -5.22. The van der Waals surface area contributed by atoms with Gasteiger partial charge >= 0.3 is 18.1 Å². The summed E-state index contributed by atoms with van der Waals surface area (Å²) in [5.74, 6) is -6.47. The van der Waals surface area contributed by atoms with E-state index < -0.39 is 83.9 Å². The molecule has 1 aliphatic heterocycles. The Bertz CT molecular complexity index is 1870. The van der Waals surface area contributed by atoms with Crippen molar-refractivity contribution in [3.8, 4) is 0 Å². The van der Waals surface area contributed by atoms with Crippen LogP contribution in [0.2, 0.25) is 10.0 Å². The summed E-state index contributed by atoms with van der Waals surface area (Å²) in [7, 11) is 0. The molecule has 4 rings (SSSR count). The number of rotatable bonds is 16. The summed E-state index contributed by atoms with van der Waals surface area (Å²) in [5.41, 5.74) is 5.36. The molecule has 2 aliphatic rings. The number of carbonyl (C=O) groups excluding carboxylic acids is 8. The number of hydrogen-bond acceptors (Lipinski definition) is 10. The van der Waals surface area contributed by atoms with E-state index in [0.29, 0.717) is 30.4 Å². The molecule has 2 aromatic rings. The van der Waals surface area contributed by atoms with E-state index in [9.17, 15) is 38.4 Å². The second-order valence-electron chi connectivity index (χ2n) is 15.2. The van der Waals surface area contributed by atoms with Crippen LogP contribution >= 0.6 is 23.2 Å². The SMILES string of the molecule is CCCC(NC(=O)C1CN(Cc2ccc(Cl)c(Cl)c2)C(=O)N1C(=O)C(NC(=O)OC(C)(C)C)C1CCCCC1)C(=O)C(=O)NCC(=O)O[C@H](C(N)=O)c1ccccc1. The zero-order valence-electron chi connectivity index (χ0n) is 32.9. The fraction of sp³-hybridized carbons (Fsp3) is 0.500. The molecule has 3 unspecified atom stereocenters. The number of ketones is 1. The van der Waals surface area contributed by atoms with Crippen LogP contribution in [0.15, 0.2) is 48.5 Å². The van der Waals surface area contributed by atoms with Crippen molar-refractivity contribution in [1.29, 1.82) is 0 Å². The van der Waals surface area contributed by atoms with E-state index >= 15 is 0 Å². The Morgan fingerprint density at radius 2 is 1.60 bits per heavy atom. The quantitative estimate of drug-likeness (QED) is 0.138. The minimum Gasteiger partial charge on any atom is -0.446 e. The average molecular weight is 846 g/mol. The summed E-state index contributed by atoms with van der Waals surface area (Å²) in [6.07, 6.45) is 1.63. The van der Waals surface area contributed by atoms with E-state index in [1.807, 2.05) is 0 Å². The number of benzene rings is 2. The van der Waals surface area contributed by atoms with Gasteiger partial charge in [-0.25, -0.2) is 14.5 Å². The summed E-state index contributed by atoms with van der Waals surface area (Å²) in [4.78, 5) is 109. The first-order valence-electron chi connectivity index (χ1n) is 19.1. The standard InChI is InChI=1S/C40H50Cl2N6O10/c1-5-12-28(32(50)36(53)44-20-30(49)57-33(34(43)51)25-15-10-7-11-16-25)45-35(52)29-22-47(21-23-17-18-26(41)27(42)19-23)39(56)48(29)37(54)31(24-13-8-6-9-14-24)46-38(55)58-40(2,3)4/h7,10-11,15-19,24,28-29,31,33H,5-6,8-9,12-14,20-22H2,1-4H3,(H2,43,51)(H,44,53)(H,45,52)(H,46,55)/t28?,29?,31?,33-/m0/s1. The van der Waals surface area contributed by atoms with E-state index in [2.05, 4.69) is 16.0 Å². The second-order valence-corrected chi connectivity index (χ2v) is 16.1. The lowest BCUT2D eigenvalue weighted by Gasteiger charge is -2.34. The number of halogens is 2. The Morgan fingerprint density at radius 1 is 0.931 bits per heavy atom. The molecule has 1 saturated carbocycles. The molecule has 5 N–H and O–H groups in total. The van der Waals surface area contributed by atoms with Crippen LogP contribution in [0.5, 0.6) is 0 Å². The molecule has 18 heteroatoms. The molecule has 2 aromatic carbocycles. The number of nitrogens with two attached hydrogens (primary N) is 1. The van der Waals surface area contributed by atoms with E-state index in [1.54, 1.807) is 64.1 Å². The lowest BCUT2D eigenvalue weighted by atomic mass is 9.83. The largest absolute Gasteiger partial charge is 0.446 e. The normalized spacial score (nSPS) is 17.4. The number of ether oxygens (including phenoxy) is 2. The topological polar surface area (TPSA) is 224 Å². The molecule has 16 nitrogen and oxygen atoms in total. The Balaban J connectivity index is 1.56. The molecule has 1 aliphatic carbocycles. The highest BCUT2D eigenvalue weighted by molar-refractivity contribution is 6.42. The number of Topliss-reactive ketones (excluding diaryl/α,β-unsaturated/α-hetero) is 1. The summed E-state index contributed by atoms with van der Waals surface area (Å²) in [6.45, 7) is 5.52. The molecular weight excluding hydrogens is 795 g/mol. The Kier molecular flexibility index (Phi) is 16.0. The van der Waals surface area contributed by atoms with Crippen molar-refractivity contribution in [3.63, 3.8) is 0 Å². The lowest BCUT2D eigenvalue weighted by Crippen LogP contribution is -2.59. The Labute approximate surface area is 346 Å². The van der Waals surface area contributed by atoms with E-state index in [4.69, 9.17) is 38.4 Å². The molecule has 58 heavy (non-hydrogen) atoms. The summed E-state index contributed by atoms with van der Waals surface area (Å²) < 4.78 is 10.6. The highest BCUT2D eigenvalue weighted by atomic mass is 35.5. The summed E-state index contributed by atoms with van der Waals surface area (Å²) >= 11 is 12.3. The number of alkyl carbamates (subject to hydrolysis) is 1. The third-order valence-electron chi connectivity index (χ3n) is 9.58. The predicted molar refractivity (Wildman–Crippen MR) is 212 cm³/mol. The van der Waals surface area contributed by atoms with Gasteiger partial charge in [0.2, 0.25) is 17.8 Å². The van der Waals surface area contributed by atoms with Crippen LogP contribution in [0.4, 0.5) is 9.59 Å². The minimum absolute atomic E-state index is 0.0211. The Morgan fingerprint density at radius 3 is 2.21 bits per heavy atom. The third kappa shape index (κ3) is 12.4. The van der Waals surface area contributed by atoms with Gasteiger partial charge in [-0.3, -0.25) is 28.8 Å². The van der Waals surface area contributed by atoms with Crippen molar-refractivity contribution in [3.05, 3.63) is 69.7 Å². The summed E-state index contributed by atoms with van der Waals surface area (Å²) in [5, 5.41) is 7.87. The fourth-order valence-corrected chi connectivity index (χ4v) is 7.16. The molecule has 7 amide bonds. The highest BCUT2D eigenvalue weighted by Crippen LogP contribution is 2.31. The van der Waals surface area contributed by atoms with Crippen LogP contribution in [-0.4, -0.2) is 94.1 Å². The van der Waals surface area contributed by atoms with Gasteiger partial charge in [-0.2, -0.15) is 0 Å². The van der Waals surface area contributed by atoms with Gasteiger partial charge in [-0.15, -0.1) is 0 Å². The van der Waals surface area contributed by atoms with Crippen molar-refractivity contribution in [2.24, 2.45) is 11.7 Å². The number of primary amides is 1. The zero-order valence-corrected chi connectivity index (χ0v) is 34.4. The number of amides is 7. The zero-order chi connectivity index (χ0) is 42.7. The average Bonchev–Trinajstić information content (AvgIpc) is 3.50. The van der Waals surface area contributed by atoms with Crippen molar-refractivity contribution in [1.82, 2.24) is 25.8 Å². The van der Waals surface area contributed by atoms with Gasteiger partial charge in [-0.05, 0) is 63.6 Å². The van der Waals surface area contributed by atoms with Gasteiger partial charge in [0.15, 0.2) is 0 Å². The minimum atomic E-state index is -1.50. The molecule has 0 bridgehead atoms. The van der Waals surface area contributed by atoms with Crippen LogP contribution in [0.1, 0.15) is 89.9 Å². The second kappa shape index (κ2) is 20.5. The molecule has 4 atom stereocenters. The first-order valence-corrected chi connectivity index (χ1v) is 19.9. The van der Waals surface area contributed by atoms with E-state index in [1.165, 1.54) is 17.0 Å². The maximum Gasteiger partial charge on any atom is 0.408 e.